The molecule has 0 aliphatic carbocycles. The topological polar surface area (TPSA) is 23.8 Å². The molecule has 0 atom stereocenters. The van der Waals surface area contributed by atoms with Crippen LogP contribution in [0.15, 0.2) is 0 Å². The predicted molar refractivity (Wildman–Crippen MR) is 54.9 cm³/mol. The van der Waals surface area contributed by atoms with E-state index in [9.17, 15) is 0 Å². The Kier molecular flexibility index (Phi) is 10.4. The third kappa shape index (κ3) is 10.2. The van der Waals surface area contributed by atoms with E-state index in [4.69, 9.17) is 5.26 Å². The molecule has 64 valence electrons. The lowest BCUT2D eigenvalue weighted by atomic mass is 10.2. The van der Waals surface area contributed by atoms with E-state index in [2.05, 4.69) is 11.7 Å². The van der Waals surface area contributed by atoms with Gasteiger partial charge in [0.2, 0.25) is 0 Å². The van der Waals surface area contributed by atoms with Crippen LogP contribution >= 0.6 is 23.5 Å². The summed E-state index contributed by atoms with van der Waals surface area (Å²) >= 11 is 3.28. The van der Waals surface area contributed by atoms with E-state index < -0.39 is 0 Å². The number of nitriles is 1. The van der Waals surface area contributed by atoms with Gasteiger partial charge in [-0.25, -0.2) is 0 Å². The Morgan fingerprint density at radius 3 is 2.27 bits per heavy atom. The van der Waals surface area contributed by atoms with E-state index in [0.717, 1.165) is 5.75 Å². The molecule has 0 amide bonds. The Morgan fingerprint density at radius 1 is 1.09 bits per heavy atom. The van der Waals surface area contributed by atoms with Crippen LogP contribution in [0.5, 0.6) is 0 Å². The fourth-order valence-electron chi connectivity index (χ4n) is 0.820. The van der Waals surface area contributed by atoms with Crippen LogP contribution in [0.1, 0.15) is 25.7 Å². The van der Waals surface area contributed by atoms with Crippen LogP contribution < -0.4 is 0 Å². The van der Waals surface area contributed by atoms with Gasteiger partial charge in [0.15, 0.2) is 0 Å². The zero-order valence-electron chi connectivity index (χ0n) is 7.01. The van der Waals surface area contributed by atoms with Gasteiger partial charge in [-0.1, -0.05) is 12.8 Å². The number of thiocyanates is 1. The molecular weight excluding hydrogens is 174 g/mol. The quantitative estimate of drug-likeness (QED) is 0.454. The number of hydrogen-bond acceptors (Lipinski definition) is 3. The molecule has 0 aromatic heterocycles. The maximum atomic E-state index is 8.22. The molecule has 0 unspecified atom stereocenters. The highest BCUT2D eigenvalue weighted by atomic mass is 32.2. The van der Waals surface area contributed by atoms with Gasteiger partial charge in [0.25, 0.3) is 0 Å². The van der Waals surface area contributed by atoms with Crippen molar-refractivity contribution in [2.24, 2.45) is 0 Å². The van der Waals surface area contributed by atoms with Crippen molar-refractivity contribution >= 4 is 23.5 Å². The van der Waals surface area contributed by atoms with Crippen LogP contribution in [0, 0.1) is 10.7 Å². The van der Waals surface area contributed by atoms with Crippen molar-refractivity contribution in [2.75, 3.05) is 17.8 Å². The second-order valence-corrected chi connectivity index (χ2v) is 4.21. The molecule has 0 fully saturated rings. The smallest absolute Gasteiger partial charge is 0.133 e. The normalized spacial score (nSPS) is 9.45. The van der Waals surface area contributed by atoms with Gasteiger partial charge in [-0.05, 0) is 36.6 Å². The summed E-state index contributed by atoms with van der Waals surface area (Å²) < 4.78 is 0. The number of hydrogen-bond donors (Lipinski definition) is 0. The first-order valence-corrected chi connectivity index (χ1v) is 6.29. The monoisotopic (exact) mass is 189 g/mol. The molecule has 0 aliphatic heterocycles. The molecule has 0 aromatic carbocycles. The largest absolute Gasteiger partial charge is 0.185 e. The molecule has 0 aromatic rings. The second-order valence-electron chi connectivity index (χ2n) is 2.35. The first-order valence-electron chi connectivity index (χ1n) is 3.91. The van der Waals surface area contributed by atoms with Gasteiger partial charge in [-0.2, -0.15) is 17.0 Å². The molecule has 0 rings (SSSR count). The third-order valence-electron chi connectivity index (χ3n) is 1.41. The van der Waals surface area contributed by atoms with Crippen molar-refractivity contribution in [3.63, 3.8) is 0 Å². The lowest BCUT2D eigenvalue weighted by molar-refractivity contribution is 0.712. The highest BCUT2D eigenvalue weighted by Crippen LogP contribution is 2.07. The number of thioether (sulfide) groups is 2. The predicted octanol–water partition coefficient (Wildman–Crippen LogP) is 3.12. The molecule has 0 radical (unpaired) electrons. The Morgan fingerprint density at radius 2 is 1.73 bits per heavy atom. The Labute approximate surface area is 77.9 Å². The van der Waals surface area contributed by atoms with E-state index in [1.54, 1.807) is 0 Å². The average molecular weight is 189 g/mol. The van der Waals surface area contributed by atoms with Crippen LogP contribution in [-0.4, -0.2) is 17.8 Å². The van der Waals surface area contributed by atoms with Crippen molar-refractivity contribution in [1.29, 1.82) is 5.26 Å². The first kappa shape index (κ1) is 11.2. The van der Waals surface area contributed by atoms with Crippen molar-refractivity contribution in [3.8, 4) is 5.40 Å². The van der Waals surface area contributed by atoms with Crippen LogP contribution in [0.4, 0.5) is 0 Å². The average Bonchev–Trinajstić information content (AvgIpc) is 2.03. The molecule has 0 spiro atoms. The summed E-state index contributed by atoms with van der Waals surface area (Å²) in [5.41, 5.74) is 0. The van der Waals surface area contributed by atoms with Gasteiger partial charge < -0.3 is 0 Å². The summed E-state index contributed by atoms with van der Waals surface area (Å²) in [6, 6.07) is 0. The van der Waals surface area contributed by atoms with Crippen LogP contribution in [0.25, 0.3) is 0 Å². The van der Waals surface area contributed by atoms with Crippen molar-refractivity contribution in [3.05, 3.63) is 0 Å². The highest BCUT2D eigenvalue weighted by Gasteiger charge is 1.89. The van der Waals surface area contributed by atoms with E-state index in [1.165, 1.54) is 43.2 Å². The molecular formula is C8H15NS2. The SMILES string of the molecule is CSCCCCCCSC#N. The van der Waals surface area contributed by atoms with Gasteiger partial charge in [-0.15, -0.1) is 0 Å². The molecule has 0 saturated carbocycles. The third-order valence-corrected chi connectivity index (χ3v) is 2.73. The van der Waals surface area contributed by atoms with Crippen molar-refractivity contribution < 1.29 is 0 Å². The van der Waals surface area contributed by atoms with Crippen molar-refractivity contribution in [2.45, 2.75) is 25.7 Å². The Hall–Kier alpha value is 0.190. The minimum absolute atomic E-state index is 1.01. The molecule has 0 aliphatic rings. The zero-order valence-corrected chi connectivity index (χ0v) is 8.64. The summed E-state index contributed by atoms with van der Waals surface area (Å²) in [5, 5.41) is 10.3. The first-order chi connectivity index (χ1) is 5.41. The van der Waals surface area contributed by atoms with Crippen LogP contribution in [-0.2, 0) is 0 Å². The summed E-state index contributed by atoms with van der Waals surface area (Å²) in [4.78, 5) is 0. The summed E-state index contributed by atoms with van der Waals surface area (Å²) in [6.07, 6.45) is 7.29. The van der Waals surface area contributed by atoms with E-state index >= 15 is 0 Å². The maximum Gasteiger partial charge on any atom is 0.133 e. The highest BCUT2D eigenvalue weighted by molar-refractivity contribution is 8.03. The molecule has 3 heteroatoms. The maximum absolute atomic E-state index is 8.22. The lowest BCUT2D eigenvalue weighted by Gasteiger charge is -1.96. The van der Waals surface area contributed by atoms with E-state index in [1.807, 2.05) is 11.8 Å². The van der Waals surface area contributed by atoms with Crippen molar-refractivity contribution in [1.82, 2.24) is 0 Å². The molecule has 0 bridgehead atoms. The minimum atomic E-state index is 1.01. The van der Waals surface area contributed by atoms with Gasteiger partial charge in [0, 0.05) is 5.75 Å². The van der Waals surface area contributed by atoms with E-state index in [0.29, 0.717) is 0 Å². The fourth-order valence-corrected chi connectivity index (χ4v) is 1.75. The van der Waals surface area contributed by atoms with Gasteiger partial charge in [0.1, 0.15) is 5.40 Å². The molecule has 0 heterocycles. The Bertz CT molecular complexity index is 109. The van der Waals surface area contributed by atoms with Crippen LogP contribution in [0.2, 0.25) is 0 Å². The summed E-state index contributed by atoms with van der Waals surface area (Å²) in [5.74, 6) is 2.29. The zero-order chi connectivity index (χ0) is 8.36. The van der Waals surface area contributed by atoms with Gasteiger partial charge in [-0.3, -0.25) is 0 Å². The summed E-state index contributed by atoms with van der Waals surface area (Å²) in [6.45, 7) is 0. The van der Waals surface area contributed by atoms with Crippen LogP contribution in [0.3, 0.4) is 0 Å². The standard InChI is InChI=1S/C8H15NS2/c1-10-6-4-2-3-5-7-11-8-9/h2-7H2,1H3. The molecule has 0 saturated heterocycles. The molecule has 11 heavy (non-hydrogen) atoms. The molecule has 1 nitrogen and oxygen atoms in total. The number of unbranched alkanes of at least 4 members (excludes halogenated alkanes) is 3. The number of rotatable bonds is 7. The fraction of sp³-hybridized carbons (Fsp3) is 0.875. The van der Waals surface area contributed by atoms with Gasteiger partial charge >= 0.3 is 0 Å². The number of nitrogens with zero attached hydrogens (tertiary/aromatic N) is 1. The Balaban J connectivity index is 2.75. The molecule has 0 N–H and O–H groups in total. The second kappa shape index (κ2) is 10.2. The van der Waals surface area contributed by atoms with Gasteiger partial charge in [0.05, 0.1) is 0 Å². The minimum Gasteiger partial charge on any atom is -0.185 e. The van der Waals surface area contributed by atoms with E-state index in [-0.39, 0.29) is 0 Å². The summed E-state index contributed by atoms with van der Waals surface area (Å²) in [7, 11) is 0. The lowest BCUT2D eigenvalue weighted by Crippen LogP contribution is -1.82.